The second kappa shape index (κ2) is 3.03. The SMILES string of the molecule is Brc1cnc2c(c1)NCCS2. The average Bonchev–Trinajstić information content (AvgIpc) is 2.04. The maximum atomic E-state index is 4.27. The van der Waals surface area contributed by atoms with Crippen molar-refractivity contribution in [2.45, 2.75) is 5.03 Å². The van der Waals surface area contributed by atoms with E-state index in [2.05, 4.69) is 32.3 Å². The molecule has 2 nitrogen and oxygen atoms in total. The van der Waals surface area contributed by atoms with E-state index >= 15 is 0 Å². The number of aromatic nitrogens is 1. The number of halogens is 1. The van der Waals surface area contributed by atoms with Crippen molar-refractivity contribution in [1.29, 1.82) is 0 Å². The Labute approximate surface area is 77.9 Å². The van der Waals surface area contributed by atoms with Crippen molar-refractivity contribution in [2.24, 2.45) is 0 Å². The lowest BCUT2D eigenvalue weighted by Gasteiger charge is -2.15. The number of nitrogens with one attached hydrogen (secondary N) is 1. The molecular formula is C7H7BrN2S. The molecule has 1 aromatic rings. The lowest BCUT2D eigenvalue weighted by Crippen LogP contribution is -2.10. The van der Waals surface area contributed by atoms with E-state index in [0.717, 1.165) is 27.5 Å². The highest BCUT2D eigenvalue weighted by Gasteiger charge is 2.09. The molecule has 0 saturated heterocycles. The third-order valence-corrected chi connectivity index (χ3v) is 2.91. The van der Waals surface area contributed by atoms with Crippen molar-refractivity contribution in [3.63, 3.8) is 0 Å². The lowest BCUT2D eigenvalue weighted by atomic mass is 10.4. The molecule has 1 N–H and O–H groups in total. The van der Waals surface area contributed by atoms with Crippen LogP contribution in [0.5, 0.6) is 0 Å². The number of thioether (sulfide) groups is 1. The maximum Gasteiger partial charge on any atom is 0.119 e. The van der Waals surface area contributed by atoms with Gasteiger partial charge in [-0.1, -0.05) is 0 Å². The summed E-state index contributed by atoms with van der Waals surface area (Å²) in [6.45, 7) is 1.04. The monoisotopic (exact) mass is 230 g/mol. The molecule has 0 aromatic carbocycles. The minimum Gasteiger partial charge on any atom is -0.382 e. The van der Waals surface area contributed by atoms with E-state index in [9.17, 15) is 0 Å². The average molecular weight is 231 g/mol. The molecular weight excluding hydrogens is 224 g/mol. The molecule has 1 aromatic heterocycles. The van der Waals surface area contributed by atoms with Gasteiger partial charge in [0.1, 0.15) is 5.03 Å². The van der Waals surface area contributed by atoms with Gasteiger partial charge in [-0.25, -0.2) is 4.98 Å². The highest BCUT2D eigenvalue weighted by Crippen LogP contribution is 2.30. The molecule has 1 aliphatic heterocycles. The summed E-state index contributed by atoms with van der Waals surface area (Å²) in [6, 6.07) is 2.06. The molecule has 4 heteroatoms. The van der Waals surface area contributed by atoms with Crippen LogP contribution in [0.15, 0.2) is 21.8 Å². The number of hydrogen-bond donors (Lipinski definition) is 1. The summed E-state index contributed by atoms with van der Waals surface area (Å²) in [6.07, 6.45) is 1.83. The number of fused-ring (bicyclic) bond motifs is 1. The smallest absolute Gasteiger partial charge is 0.119 e. The lowest BCUT2D eigenvalue weighted by molar-refractivity contribution is 1.06. The van der Waals surface area contributed by atoms with Crippen LogP contribution in [0.2, 0.25) is 0 Å². The van der Waals surface area contributed by atoms with Gasteiger partial charge in [0.15, 0.2) is 0 Å². The van der Waals surface area contributed by atoms with Crippen molar-refractivity contribution in [2.75, 3.05) is 17.6 Å². The fourth-order valence-corrected chi connectivity index (χ4v) is 2.14. The van der Waals surface area contributed by atoms with E-state index < -0.39 is 0 Å². The standard InChI is InChI=1S/C7H7BrN2S/c8-5-3-6-7(10-4-5)11-2-1-9-6/h3-4,9H,1-2H2. The predicted molar refractivity (Wildman–Crippen MR) is 51.2 cm³/mol. The Morgan fingerprint density at radius 2 is 2.55 bits per heavy atom. The summed E-state index contributed by atoms with van der Waals surface area (Å²) >= 11 is 5.18. The van der Waals surface area contributed by atoms with Crippen LogP contribution in [0, 0.1) is 0 Å². The van der Waals surface area contributed by atoms with E-state index in [0.29, 0.717) is 0 Å². The highest BCUT2D eigenvalue weighted by atomic mass is 79.9. The Morgan fingerprint density at radius 3 is 3.45 bits per heavy atom. The number of anilines is 1. The Balaban J connectivity index is 2.43. The van der Waals surface area contributed by atoms with E-state index in [1.165, 1.54) is 0 Å². The van der Waals surface area contributed by atoms with E-state index in [-0.39, 0.29) is 0 Å². The normalized spacial score (nSPS) is 15.4. The number of rotatable bonds is 0. The van der Waals surface area contributed by atoms with E-state index in [4.69, 9.17) is 0 Å². The zero-order valence-electron chi connectivity index (χ0n) is 5.80. The zero-order valence-corrected chi connectivity index (χ0v) is 8.20. The van der Waals surface area contributed by atoms with Crippen LogP contribution in [0.1, 0.15) is 0 Å². The molecule has 0 fully saturated rings. The molecule has 0 saturated carbocycles. The Bertz CT molecular complexity index is 277. The third kappa shape index (κ3) is 1.51. The minimum absolute atomic E-state index is 1.03. The molecule has 2 rings (SSSR count). The van der Waals surface area contributed by atoms with Crippen LogP contribution in [-0.2, 0) is 0 Å². The van der Waals surface area contributed by atoms with Gasteiger partial charge in [0.25, 0.3) is 0 Å². The van der Waals surface area contributed by atoms with Gasteiger partial charge in [-0.3, -0.25) is 0 Å². The van der Waals surface area contributed by atoms with Gasteiger partial charge in [-0.15, -0.1) is 11.8 Å². The zero-order chi connectivity index (χ0) is 7.68. The van der Waals surface area contributed by atoms with Gasteiger partial charge in [0.05, 0.1) is 5.69 Å². The Hall–Kier alpha value is -0.220. The van der Waals surface area contributed by atoms with Gasteiger partial charge in [0.2, 0.25) is 0 Å². The van der Waals surface area contributed by atoms with Crippen molar-refractivity contribution >= 4 is 33.4 Å². The summed E-state index contributed by atoms with van der Waals surface area (Å²) in [5.74, 6) is 1.11. The first kappa shape index (κ1) is 7.43. The minimum atomic E-state index is 1.03. The molecule has 0 bridgehead atoms. The van der Waals surface area contributed by atoms with Gasteiger partial charge in [-0.2, -0.15) is 0 Å². The number of pyridine rings is 1. The maximum absolute atomic E-state index is 4.27. The number of hydrogen-bond acceptors (Lipinski definition) is 3. The van der Waals surface area contributed by atoms with Gasteiger partial charge in [-0.05, 0) is 22.0 Å². The summed E-state index contributed by atoms with van der Waals surface area (Å²) in [5.41, 5.74) is 1.15. The molecule has 2 heterocycles. The molecule has 0 amide bonds. The summed E-state index contributed by atoms with van der Waals surface area (Å²) in [5, 5.41) is 4.40. The third-order valence-electron chi connectivity index (χ3n) is 1.47. The molecule has 0 unspecified atom stereocenters. The van der Waals surface area contributed by atoms with E-state index in [1.807, 2.05) is 6.20 Å². The molecule has 0 spiro atoms. The number of nitrogens with zero attached hydrogens (tertiary/aromatic N) is 1. The summed E-state index contributed by atoms with van der Waals surface area (Å²) < 4.78 is 1.03. The van der Waals surface area contributed by atoms with Crippen molar-refractivity contribution in [1.82, 2.24) is 4.98 Å². The largest absolute Gasteiger partial charge is 0.382 e. The van der Waals surface area contributed by atoms with Crippen LogP contribution in [-0.4, -0.2) is 17.3 Å². The Morgan fingerprint density at radius 1 is 1.64 bits per heavy atom. The van der Waals surface area contributed by atoms with Crippen LogP contribution in [0.4, 0.5) is 5.69 Å². The Kier molecular flexibility index (Phi) is 2.05. The first-order chi connectivity index (χ1) is 5.36. The fraction of sp³-hybridized carbons (Fsp3) is 0.286. The predicted octanol–water partition coefficient (Wildman–Crippen LogP) is 2.36. The van der Waals surface area contributed by atoms with Gasteiger partial charge < -0.3 is 5.32 Å². The van der Waals surface area contributed by atoms with Crippen LogP contribution >= 0.6 is 27.7 Å². The first-order valence-corrected chi connectivity index (χ1v) is 5.16. The summed E-state index contributed by atoms with van der Waals surface area (Å²) in [7, 11) is 0. The molecule has 0 aliphatic carbocycles. The first-order valence-electron chi connectivity index (χ1n) is 3.38. The molecule has 11 heavy (non-hydrogen) atoms. The second-order valence-electron chi connectivity index (χ2n) is 2.28. The van der Waals surface area contributed by atoms with Crippen LogP contribution in [0.3, 0.4) is 0 Å². The van der Waals surface area contributed by atoms with Crippen molar-refractivity contribution in [3.05, 3.63) is 16.7 Å². The molecule has 1 aliphatic rings. The second-order valence-corrected chi connectivity index (χ2v) is 4.28. The quantitative estimate of drug-likeness (QED) is 0.741. The van der Waals surface area contributed by atoms with Gasteiger partial charge >= 0.3 is 0 Å². The van der Waals surface area contributed by atoms with Crippen LogP contribution < -0.4 is 5.32 Å². The van der Waals surface area contributed by atoms with Gasteiger partial charge in [0, 0.05) is 23.0 Å². The summed E-state index contributed by atoms with van der Waals surface area (Å²) in [4.78, 5) is 4.27. The van der Waals surface area contributed by atoms with Crippen molar-refractivity contribution in [3.8, 4) is 0 Å². The fourth-order valence-electron chi connectivity index (χ4n) is 1.00. The molecule has 0 radical (unpaired) electrons. The van der Waals surface area contributed by atoms with E-state index in [1.54, 1.807) is 11.8 Å². The highest BCUT2D eigenvalue weighted by molar-refractivity contribution is 9.10. The topological polar surface area (TPSA) is 24.9 Å². The molecule has 0 atom stereocenters. The molecule has 58 valence electrons. The van der Waals surface area contributed by atoms with Crippen molar-refractivity contribution < 1.29 is 0 Å². The van der Waals surface area contributed by atoms with Crippen LogP contribution in [0.25, 0.3) is 0 Å².